The van der Waals surface area contributed by atoms with Gasteiger partial charge in [0, 0.05) is 17.5 Å². The zero-order chi connectivity index (χ0) is 17.1. The SMILES string of the molecule is Cc1[nH]nc(Nc2ccnc(Nc3ccccc3S(=O)O)n2)c1C. The molecule has 4 N–H and O–H groups in total. The van der Waals surface area contributed by atoms with E-state index in [-0.39, 0.29) is 4.90 Å². The van der Waals surface area contributed by atoms with Crippen LogP contribution in [-0.2, 0) is 11.1 Å². The van der Waals surface area contributed by atoms with Gasteiger partial charge >= 0.3 is 0 Å². The second-order valence-electron chi connectivity index (χ2n) is 5.08. The zero-order valence-electron chi connectivity index (χ0n) is 13.1. The molecule has 0 spiro atoms. The van der Waals surface area contributed by atoms with Gasteiger partial charge in [-0.25, -0.2) is 9.19 Å². The van der Waals surface area contributed by atoms with Crippen molar-refractivity contribution in [2.45, 2.75) is 18.7 Å². The molecule has 0 radical (unpaired) electrons. The van der Waals surface area contributed by atoms with Crippen molar-refractivity contribution in [3.8, 4) is 0 Å². The average Bonchev–Trinajstić information content (AvgIpc) is 2.88. The quantitative estimate of drug-likeness (QED) is 0.526. The Balaban J connectivity index is 1.84. The van der Waals surface area contributed by atoms with Crippen LogP contribution in [0.4, 0.5) is 23.3 Å². The first kappa shape index (κ1) is 16.1. The molecule has 8 nitrogen and oxygen atoms in total. The number of rotatable bonds is 5. The minimum Gasteiger partial charge on any atom is -0.323 e. The topological polar surface area (TPSA) is 116 Å². The molecule has 124 valence electrons. The fourth-order valence-corrected chi connectivity index (χ4v) is 2.56. The molecule has 0 saturated heterocycles. The molecular weight excluding hydrogens is 328 g/mol. The van der Waals surface area contributed by atoms with E-state index < -0.39 is 11.1 Å². The van der Waals surface area contributed by atoms with Crippen molar-refractivity contribution in [2.75, 3.05) is 10.6 Å². The van der Waals surface area contributed by atoms with E-state index in [1.54, 1.807) is 36.5 Å². The lowest BCUT2D eigenvalue weighted by Crippen LogP contribution is -2.03. The van der Waals surface area contributed by atoms with Crippen molar-refractivity contribution in [1.29, 1.82) is 0 Å². The van der Waals surface area contributed by atoms with E-state index in [1.165, 1.54) is 0 Å². The van der Waals surface area contributed by atoms with Crippen molar-refractivity contribution in [1.82, 2.24) is 20.2 Å². The first-order valence-corrected chi connectivity index (χ1v) is 8.24. The number of hydrogen-bond donors (Lipinski definition) is 4. The number of aryl methyl sites for hydroxylation is 1. The fraction of sp³-hybridized carbons (Fsp3) is 0.133. The normalized spacial score (nSPS) is 12.0. The number of para-hydroxylation sites is 1. The molecule has 1 unspecified atom stereocenters. The second-order valence-corrected chi connectivity index (χ2v) is 6.02. The Morgan fingerprint density at radius 2 is 1.96 bits per heavy atom. The van der Waals surface area contributed by atoms with Crippen molar-refractivity contribution in [3.63, 3.8) is 0 Å². The van der Waals surface area contributed by atoms with E-state index in [1.807, 2.05) is 13.8 Å². The molecule has 0 fully saturated rings. The Morgan fingerprint density at radius 1 is 1.17 bits per heavy atom. The minimum atomic E-state index is -2.10. The summed E-state index contributed by atoms with van der Waals surface area (Å²) in [6.45, 7) is 3.89. The van der Waals surface area contributed by atoms with Crippen LogP contribution in [0.25, 0.3) is 0 Å². The number of H-pyrrole nitrogens is 1. The molecule has 2 aromatic heterocycles. The van der Waals surface area contributed by atoms with E-state index >= 15 is 0 Å². The predicted molar refractivity (Wildman–Crippen MR) is 92.1 cm³/mol. The van der Waals surface area contributed by atoms with Gasteiger partial charge in [-0.15, -0.1) is 0 Å². The lowest BCUT2D eigenvalue weighted by Gasteiger charge is -2.09. The molecule has 0 aliphatic carbocycles. The van der Waals surface area contributed by atoms with Crippen LogP contribution >= 0.6 is 0 Å². The van der Waals surface area contributed by atoms with Gasteiger partial charge in [0.2, 0.25) is 5.95 Å². The molecule has 1 atom stereocenters. The van der Waals surface area contributed by atoms with Crippen LogP contribution < -0.4 is 10.6 Å². The highest BCUT2D eigenvalue weighted by Gasteiger charge is 2.10. The number of nitrogens with zero attached hydrogens (tertiary/aromatic N) is 3. The van der Waals surface area contributed by atoms with Crippen molar-refractivity contribution in [3.05, 3.63) is 47.8 Å². The molecule has 9 heteroatoms. The third-order valence-corrected chi connectivity index (χ3v) is 4.21. The Labute approximate surface area is 141 Å². The molecular formula is C15H16N6O2S. The van der Waals surface area contributed by atoms with E-state index in [0.717, 1.165) is 11.3 Å². The number of aromatic nitrogens is 4. The van der Waals surface area contributed by atoms with Gasteiger partial charge in [0.1, 0.15) is 5.82 Å². The molecule has 3 rings (SSSR count). The Bertz CT molecular complexity index is 895. The van der Waals surface area contributed by atoms with Gasteiger partial charge in [-0.05, 0) is 32.0 Å². The summed E-state index contributed by atoms with van der Waals surface area (Å²) in [6.07, 6.45) is 1.59. The van der Waals surface area contributed by atoms with E-state index in [9.17, 15) is 8.76 Å². The summed E-state index contributed by atoms with van der Waals surface area (Å²) in [5, 5.41) is 13.1. The average molecular weight is 344 g/mol. The predicted octanol–water partition coefficient (Wildman–Crippen LogP) is 2.88. The number of aromatic amines is 1. The number of benzene rings is 1. The Kier molecular flexibility index (Phi) is 4.54. The van der Waals surface area contributed by atoms with Crippen LogP contribution in [-0.4, -0.2) is 28.9 Å². The lowest BCUT2D eigenvalue weighted by molar-refractivity contribution is 0.565. The highest BCUT2D eigenvalue weighted by atomic mass is 32.2. The van der Waals surface area contributed by atoms with Gasteiger partial charge in [-0.3, -0.25) is 5.10 Å². The summed E-state index contributed by atoms with van der Waals surface area (Å²) in [5.74, 6) is 1.56. The second kappa shape index (κ2) is 6.77. The summed E-state index contributed by atoms with van der Waals surface area (Å²) in [5.41, 5.74) is 2.45. The third-order valence-electron chi connectivity index (χ3n) is 3.48. The van der Waals surface area contributed by atoms with Gasteiger partial charge in [0.15, 0.2) is 16.9 Å². The molecule has 3 aromatic rings. The Hall–Kier alpha value is -2.78. The summed E-state index contributed by atoms with van der Waals surface area (Å²) in [7, 11) is 0. The van der Waals surface area contributed by atoms with Crippen LogP contribution in [0.3, 0.4) is 0 Å². The van der Waals surface area contributed by atoms with Crippen LogP contribution in [0.1, 0.15) is 11.3 Å². The maximum absolute atomic E-state index is 11.4. The van der Waals surface area contributed by atoms with Crippen LogP contribution in [0, 0.1) is 13.8 Å². The van der Waals surface area contributed by atoms with Gasteiger partial charge in [-0.1, -0.05) is 12.1 Å². The number of anilines is 4. The molecule has 2 heterocycles. The van der Waals surface area contributed by atoms with E-state index in [0.29, 0.717) is 23.3 Å². The maximum Gasteiger partial charge on any atom is 0.229 e. The molecule has 0 aliphatic rings. The monoisotopic (exact) mass is 344 g/mol. The first-order chi connectivity index (χ1) is 11.5. The van der Waals surface area contributed by atoms with Crippen molar-refractivity contribution < 1.29 is 8.76 Å². The summed E-state index contributed by atoms with van der Waals surface area (Å²) >= 11 is -2.10. The number of nitrogens with one attached hydrogen (secondary N) is 3. The first-order valence-electron chi connectivity index (χ1n) is 7.13. The number of hydrogen-bond acceptors (Lipinski definition) is 6. The van der Waals surface area contributed by atoms with Crippen LogP contribution in [0.2, 0.25) is 0 Å². The smallest absolute Gasteiger partial charge is 0.229 e. The molecule has 1 aromatic carbocycles. The van der Waals surface area contributed by atoms with Crippen molar-refractivity contribution >= 4 is 34.4 Å². The van der Waals surface area contributed by atoms with E-state index in [2.05, 4.69) is 30.8 Å². The highest BCUT2D eigenvalue weighted by Crippen LogP contribution is 2.23. The van der Waals surface area contributed by atoms with Gasteiger partial charge in [0.05, 0.1) is 10.6 Å². The summed E-state index contributed by atoms with van der Waals surface area (Å²) in [4.78, 5) is 8.74. The third kappa shape index (κ3) is 3.42. The molecule has 0 amide bonds. The standard InChI is InChI=1S/C15H16N6O2S/c1-9-10(2)20-21-14(9)18-13-7-8-16-15(19-13)17-11-5-3-4-6-12(11)24(22)23/h3-8H,1-2H3,(H,22,23)(H3,16,17,18,19,20,21). The zero-order valence-corrected chi connectivity index (χ0v) is 13.9. The van der Waals surface area contributed by atoms with Gasteiger partial charge < -0.3 is 15.2 Å². The Morgan fingerprint density at radius 3 is 2.67 bits per heavy atom. The highest BCUT2D eigenvalue weighted by molar-refractivity contribution is 7.79. The largest absolute Gasteiger partial charge is 0.323 e. The van der Waals surface area contributed by atoms with E-state index in [4.69, 9.17) is 0 Å². The van der Waals surface area contributed by atoms with Crippen molar-refractivity contribution in [2.24, 2.45) is 0 Å². The lowest BCUT2D eigenvalue weighted by atomic mass is 10.3. The molecule has 0 saturated carbocycles. The maximum atomic E-state index is 11.4. The van der Waals surface area contributed by atoms with Crippen LogP contribution in [0.15, 0.2) is 41.4 Å². The van der Waals surface area contributed by atoms with Gasteiger partial charge in [-0.2, -0.15) is 10.1 Å². The molecule has 0 bridgehead atoms. The summed E-state index contributed by atoms with van der Waals surface area (Å²) in [6, 6.07) is 8.42. The van der Waals surface area contributed by atoms with Gasteiger partial charge in [0.25, 0.3) is 0 Å². The minimum absolute atomic E-state index is 0.262. The fourth-order valence-electron chi connectivity index (χ4n) is 2.06. The van der Waals surface area contributed by atoms with Crippen LogP contribution in [0.5, 0.6) is 0 Å². The molecule has 24 heavy (non-hydrogen) atoms. The summed E-state index contributed by atoms with van der Waals surface area (Å²) < 4.78 is 20.7. The molecule has 0 aliphatic heterocycles.